The second-order valence-corrected chi connectivity index (χ2v) is 4.42. The van der Waals surface area contributed by atoms with Crippen LogP contribution < -0.4 is 5.32 Å². The first-order valence-corrected chi connectivity index (χ1v) is 6.03. The summed E-state index contributed by atoms with van der Waals surface area (Å²) in [5.74, 6) is 0.228. The summed E-state index contributed by atoms with van der Waals surface area (Å²) in [6, 6.07) is 12.9. The van der Waals surface area contributed by atoms with Crippen molar-refractivity contribution in [1.82, 2.24) is 4.98 Å². The maximum atomic E-state index is 11.9. The number of carbonyl (C=O) groups excluding carboxylic acids is 1. The molecule has 2 aromatic rings. The molecule has 0 radical (unpaired) electrons. The summed E-state index contributed by atoms with van der Waals surface area (Å²) >= 11 is 6.10. The zero-order valence-corrected chi connectivity index (χ0v) is 10.7. The van der Waals surface area contributed by atoms with Gasteiger partial charge in [0.2, 0.25) is 5.91 Å². The molecule has 1 heterocycles. The highest BCUT2D eigenvalue weighted by Crippen LogP contribution is 2.21. The molecule has 1 unspecified atom stereocenters. The van der Waals surface area contributed by atoms with E-state index >= 15 is 0 Å². The first-order valence-electron chi connectivity index (χ1n) is 5.59. The van der Waals surface area contributed by atoms with Crippen LogP contribution in [0.5, 0.6) is 0 Å². The Hall–Kier alpha value is -1.87. The normalized spacial score (nSPS) is 11.9. The minimum Gasteiger partial charge on any atom is -0.309 e. The monoisotopic (exact) mass is 260 g/mol. The number of anilines is 1. The van der Waals surface area contributed by atoms with Gasteiger partial charge in [-0.25, -0.2) is 4.98 Å². The van der Waals surface area contributed by atoms with Crippen molar-refractivity contribution in [3.63, 3.8) is 0 Å². The summed E-state index contributed by atoms with van der Waals surface area (Å²) in [6.45, 7) is 1.94. The molecule has 2 rings (SSSR count). The van der Waals surface area contributed by atoms with Crippen molar-refractivity contribution < 1.29 is 4.79 Å². The van der Waals surface area contributed by atoms with Gasteiger partial charge in [0.15, 0.2) is 0 Å². The van der Waals surface area contributed by atoms with E-state index in [-0.39, 0.29) is 5.91 Å². The molecule has 0 saturated carbocycles. The van der Waals surface area contributed by atoms with Crippen LogP contribution in [0.15, 0.2) is 48.7 Å². The molecule has 0 saturated heterocycles. The van der Waals surface area contributed by atoms with Crippen molar-refractivity contribution in [2.24, 2.45) is 0 Å². The summed E-state index contributed by atoms with van der Waals surface area (Å²) in [4.78, 5) is 16.0. The Morgan fingerprint density at radius 2 is 1.94 bits per heavy atom. The lowest BCUT2D eigenvalue weighted by atomic mass is 10.1. The van der Waals surface area contributed by atoms with Crippen LogP contribution in [0.2, 0.25) is 0 Å². The predicted octanol–water partition coefficient (Wildman–Crippen LogP) is 3.31. The van der Waals surface area contributed by atoms with Crippen molar-refractivity contribution in [2.75, 3.05) is 5.32 Å². The minimum absolute atomic E-state index is 0.279. The molecule has 0 aliphatic carbocycles. The van der Waals surface area contributed by atoms with Crippen LogP contribution in [0.25, 0.3) is 0 Å². The number of halogens is 1. The van der Waals surface area contributed by atoms with Crippen molar-refractivity contribution in [2.45, 2.75) is 12.3 Å². The lowest BCUT2D eigenvalue weighted by molar-refractivity contribution is -0.116. The zero-order valence-electron chi connectivity index (χ0n) is 9.93. The second kappa shape index (κ2) is 5.65. The fraction of sp³-hybridized carbons (Fsp3) is 0.143. The molecular weight excluding hydrogens is 248 g/mol. The van der Waals surface area contributed by atoms with Gasteiger partial charge in [0.05, 0.1) is 0 Å². The summed E-state index contributed by atoms with van der Waals surface area (Å²) in [5.41, 5.74) is 1.81. The third-order valence-corrected chi connectivity index (χ3v) is 2.94. The van der Waals surface area contributed by atoms with Gasteiger partial charge in [-0.05, 0) is 24.1 Å². The lowest BCUT2D eigenvalue weighted by Crippen LogP contribution is -2.17. The Bertz CT molecular complexity index is 525. The van der Waals surface area contributed by atoms with Crippen LogP contribution in [0, 0.1) is 6.92 Å². The van der Waals surface area contributed by atoms with Gasteiger partial charge in [-0.1, -0.05) is 36.4 Å². The molecule has 1 amide bonds. The third-order valence-electron chi connectivity index (χ3n) is 2.49. The molecule has 1 atom stereocenters. The molecular formula is C14H13ClN2O. The number of nitrogens with one attached hydrogen (secondary N) is 1. The van der Waals surface area contributed by atoms with E-state index in [4.69, 9.17) is 11.6 Å². The SMILES string of the molecule is Cc1ccc(NC(=O)C(Cl)c2ccccc2)nc1. The van der Waals surface area contributed by atoms with E-state index in [0.717, 1.165) is 11.1 Å². The van der Waals surface area contributed by atoms with Gasteiger partial charge in [-0.2, -0.15) is 0 Å². The van der Waals surface area contributed by atoms with Crippen LogP contribution in [0.1, 0.15) is 16.5 Å². The van der Waals surface area contributed by atoms with Gasteiger partial charge in [0.1, 0.15) is 11.2 Å². The Morgan fingerprint density at radius 1 is 1.22 bits per heavy atom. The highest BCUT2D eigenvalue weighted by atomic mass is 35.5. The van der Waals surface area contributed by atoms with Crippen molar-refractivity contribution in [1.29, 1.82) is 0 Å². The number of alkyl halides is 1. The number of rotatable bonds is 3. The Balaban J connectivity index is 2.06. The van der Waals surface area contributed by atoms with E-state index in [1.165, 1.54) is 0 Å². The number of nitrogens with zero attached hydrogens (tertiary/aromatic N) is 1. The van der Waals surface area contributed by atoms with Gasteiger partial charge < -0.3 is 5.32 Å². The number of benzene rings is 1. The summed E-state index contributed by atoms with van der Waals surface area (Å²) in [7, 11) is 0. The van der Waals surface area contributed by atoms with Crippen molar-refractivity contribution in [3.05, 3.63) is 59.8 Å². The molecule has 1 aromatic heterocycles. The molecule has 0 aliphatic rings. The smallest absolute Gasteiger partial charge is 0.248 e. The highest BCUT2D eigenvalue weighted by Gasteiger charge is 2.17. The molecule has 92 valence electrons. The summed E-state index contributed by atoms with van der Waals surface area (Å²) < 4.78 is 0. The van der Waals surface area contributed by atoms with Gasteiger partial charge >= 0.3 is 0 Å². The molecule has 3 nitrogen and oxygen atoms in total. The standard InChI is InChI=1S/C14H13ClN2O/c1-10-7-8-12(16-9-10)17-14(18)13(15)11-5-3-2-4-6-11/h2-9,13H,1H3,(H,16,17,18). The van der Waals surface area contributed by atoms with Crippen LogP contribution >= 0.6 is 11.6 Å². The topological polar surface area (TPSA) is 42.0 Å². The number of hydrogen-bond acceptors (Lipinski definition) is 2. The van der Waals surface area contributed by atoms with Crippen LogP contribution in [-0.2, 0) is 4.79 Å². The second-order valence-electron chi connectivity index (χ2n) is 3.98. The Labute approximate surface area is 111 Å². The molecule has 4 heteroatoms. The molecule has 0 aliphatic heterocycles. The fourth-order valence-corrected chi connectivity index (χ4v) is 1.70. The largest absolute Gasteiger partial charge is 0.309 e. The van der Waals surface area contributed by atoms with Crippen LogP contribution in [-0.4, -0.2) is 10.9 Å². The molecule has 0 bridgehead atoms. The average molecular weight is 261 g/mol. The predicted molar refractivity (Wildman–Crippen MR) is 72.6 cm³/mol. The number of pyridine rings is 1. The fourth-order valence-electron chi connectivity index (χ4n) is 1.50. The van der Waals surface area contributed by atoms with Crippen LogP contribution in [0.3, 0.4) is 0 Å². The highest BCUT2D eigenvalue weighted by molar-refractivity contribution is 6.32. The summed E-state index contributed by atoms with van der Waals surface area (Å²) in [6.07, 6.45) is 1.70. The van der Waals surface area contributed by atoms with E-state index in [1.54, 1.807) is 12.3 Å². The van der Waals surface area contributed by atoms with Gasteiger partial charge in [-0.15, -0.1) is 11.6 Å². The van der Waals surface area contributed by atoms with Crippen molar-refractivity contribution in [3.8, 4) is 0 Å². The van der Waals surface area contributed by atoms with Gasteiger partial charge in [0.25, 0.3) is 0 Å². The van der Waals surface area contributed by atoms with Gasteiger partial charge in [0, 0.05) is 6.20 Å². The Morgan fingerprint density at radius 3 is 2.56 bits per heavy atom. The average Bonchev–Trinajstić information content (AvgIpc) is 2.41. The Kier molecular flexibility index (Phi) is 3.95. The van der Waals surface area contributed by atoms with E-state index in [1.807, 2.05) is 43.3 Å². The van der Waals surface area contributed by atoms with E-state index in [9.17, 15) is 4.79 Å². The maximum absolute atomic E-state index is 11.9. The molecule has 0 fully saturated rings. The number of aryl methyl sites for hydroxylation is 1. The maximum Gasteiger partial charge on any atom is 0.248 e. The quantitative estimate of drug-likeness (QED) is 0.861. The number of hydrogen-bond donors (Lipinski definition) is 1. The number of aromatic nitrogens is 1. The number of carbonyl (C=O) groups is 1. The molecule has 0 spiro atoms. The van der Waals surface area contributed by atoms with E-state index in [0.29, 0.717) is 5.82 Å². The van der Waals surface area contributed by atoms with Gasteiger partial charge in [-0.3, -0.25) is 4.79 Å². The van der Waals surface area contributed by atoms with Crippen molar-refractivity contribution >= 4 is 23.3 Å². The summed E-state index contributed by atoms with van der Waals surface area (Å²) in [5, 5.41) is 1.97. The van der Waals surface area contributed by atoms with E-state index < -0.39 is 5.38 Å². The third kappa shape index (κ3) is 3.08. The number of amides is 1. The molecule has 18 heavy (non-hydrogen) atoms. The first kappa shape index (κ1) is 12.6. The first-order chi connectivity index (χ1) is 8.66. The molecule has 1 aromatic carbocycles. The lowest BCUT2D eigenvalue weighted by Gasteiger charge is -2.10. The van der Waals surface area contributed by atoms with Crippen LogP contribution in [0.4, 0.5) is 5.82 Å². The zero-order chi connectivity index (χ0) is 13.0. The minimum atomic E-state index is -0.714. The van der Waals surface area contributed by atoms with E-state index in [2.05, 4.69) is 10.3 Å². The molecule has 1 N–H and O–H groups in total.